The minimum atomic E-state index is -1.15. The highest BCUT2D eigenvalue weighted by atomic mass is 16.4. The zero-order chi connectivity index (χ0) is 13.3. The van der Waals surface area contributed by atoms with E-state index in [1.165, 1.54) is 0 Å². The van der Waals surface area contributed by atoms with E-state index in [1.807, 2.05) is 0 Å². The highest BCUT2D eigenvalue weighted by Gasteiger charge is 2.57. The minimum absolute atomic E-state index is 0. The van der Waals surface area contributed by atoms with Crippen molar-refractivity contribution in [1.82, 2.24) is 0 Å². The second-order valence-electron chi connectivity index (χ2n) is 5.82. The van der Waals surface area contributed by atoms with Gasteiger partial charge in [0.1, 0.15) is 5.54 Å². The minimum Gasteiger partial charge on any atom is -0.480 e. The Morgan fingerprint density at radius 2 is 2.11 bits per heavy atom. The molecule has 0 spiro atoms. The zero-order valence-electron chi connectivity index (χ0n) is 11.0. The molecule has 7 N–H and O–H groups in total. The van der Waals surface area contributed by atoms with Gasteiger partial charge in [0, 0.05) is 0 Å². The van der Waals surface area contributed by atoms with E-state index >= 15 is 0 Å². The summed E-state index contributed by atoms with van der Waals surface area (Å²) in [5.74, 6) is -0.550. The van der Waals surface area contributed by atoms with Gasteiger partial charge >= 0.3 is 5.97 Å². The fourth-order valence-electron chi connectivity index (χ4n) is 3.97. The molecule has 2 rings (SSSR count). The molecule has 7 heteroatoms. The summed E-state index contributed by atoms with van der Waals surface area (Å²) in [6, 6.07) is 0. The zero-order valence-corrected chi connectivity index (χ0v) is 11.0. The summed E-state index contributed by atoms with van der Waals surface area (Å²) in [6.45, 7) is 0. The summed E-state index contributed by atoms with van der Waals surface area (Å²) >= 11 is 0. The number of hydrogen-bond acceptors (Lipinski definition) is 4. The summed E-state index contributed by atoms with van der Waals surface area (Å²) in [4.78, 5) is 11.4. The number of aliphatic carboxylic acids is 1. The van der Waals surface area contributed by atoms with E-state index in [1.54, 1.807) is 0 Å². The van der Waals surface area contributed by atoms with Crippen LogP contribution in [0.3, 0.4) is 0 Å². The summed E-state index contributed by atoms with van der Waals surface area (Å²) in [5, 5.41) is 27.8. The number of carboxylic acid groups (broad SMARTS) is 1. The Morgan fingerprint density at radius 3 is 2.68 bits per heavy atom. The lowest BCUT2D eigenvalue weighted by Crippen LogP contribution is -2.52. The van der Waals surface area contributed by atoms with Crippen molar-refractivity contribution in [3.05, 3.63) is 0 Å². The second kappa shape index (κ2) is 6.22. The van der Waals surface area contributed by atoms with Crippen molar-refractivity contribution in [3.63, 3.8) is 0 Å². The molecule has 2 saturated carbocycles. The summed E-state index contributed by atoms with van der Waals surface area (Å²) in [5.41, 5.74) is 4.96. The normalized spacial score (nSPS) is 40.6. The number of aliphatic hydroxyl groups is 1. The molecule has 2 fully saturated rings. The van der Waals surface area contributed by atoms with Crippen LogP contribution in [0.15, 0.2) is 0 Å². The van der Waals surface area contributed by atoms with Crippen LogP contribution in [0.25, 0.3) is 0 Å². The molecular formula is C12H23BNO5. The molecule has 1 radical (unpaired) electrons. The Bertz CT molecular complexity index is 329. The highest BCUT2D eigenvalue weighted by molar-refractivity contribution is 6.25. The Labute approximate surface area is 113 Å². The lowest BCUT2D eigenvalue weighted by molar-refractivity contribution is -0.145. The first-order valence-electron chi connectivity index (χ1n) is 6.65. The molecule has 2 aliphatic carbocycles. The lowest BCUT2D eigenvalue weighted by Gasteiger charge is -2.30. The Hall–Kier alpha value is -0.625. The summed E-state index contributed by atoms with van der Waals surface area (Å²) in [6.07, 6.45) is 3.53. The van der Waals surface area contributed by atoms with E-state index in [-0.39, 0.29) is 29.3 Å². The van der Waals surface area contributed by atoms with E-state index < -0.39 is 11.5 Å². The molecule has 0 aromatic rings. The predicted octanol–water partition coefficient (Wildman–Crippen LogP) is -0.839. The molecule has 0 unspecified atom stereocenters. The van der Waals surface area contributed by atoms with Gasteiger partial charge in [0.2, 0.25) is 0 Å². The molecule has 2 aliphatic rings. The molecule has 0 aromatic heterocycles. The van der Waals surface area contributed by atoms with Gasteiger partial charge in [0.05, 0.1) is 6.10 Å². The van der Waals surface area contributed by atoms with Gasteiger partial charge in [-0.15, -0.1) is 0 Å². The Morgan fingerprint density at radius 1 is 1.42 bits per heavy atom. The van der Waals surface area contributed by atoms with Crippen molar-refractivity contribution in [2.75, 3.05) is 0 Å². The van der Waals surface area contributed by atoms with Gasteiger partial charge in [-0.3, -0.25) is 4.79 Å². The fraction of sp³-hybridized carbons (Fsp3) is 0.917. The van der Waals surface area contributed by atoms with Crippen LogP contribution >= 0.6 is 0 Å². The first-order valence-corrected chi connectivity index (χ1v) is 6.65. The lowest BCUT2D eigenvalue weighted by atomic mass is 9.77. The molecular weight excluding hydrogens is 249 g/mol. The molecule has 19 heavy (non-hydrogen) atoms. The fourth-order valence-corrected chi connectivity index (χ4v) is 3.97. The average molecular weight is 272 g/mol. The van der Waals surface area contributed by atoms with Gasteiger partial charge in [-0.05, 0) is 43.4 Å². The maximum atomic E-state index is 11.4. The second-order valence-corrected chi connectivity index (χ2v) is 5.82. The van der Waals surface area contributed by atoms with Crippen molar-refractivity contribution in [2.24, 2.45) is 23.5 Å². The van der Waals surface area contributed by atoms with E-state index in [0.717, 1.165) is 13.9 Å². The predicted molar refractivity (Wildman–Crippen MR) is 70.5 cm³/mol. The van der Waals surface area contributed by atoms with Crippen molar-refractivity contribution >= 4 is 13.5 Å². The standard InChI is InChI=1S/C12H21BNO4.H2O/c14-12(11(16)17)6-7-4-8(15)5-9(7)10(12)2-1-3-13-18;/h7-10,15,18H,1-6,14H2,(H,16,17);1H2/t7-,8+,9-,10+,12+;/m1./s1. The largest absolute Gasteiger partial charge is 0.480 e. The number of nitrogens with two attached hydrogens (primary N) is 1. The molecule has 0 amide bonds. The third-order valence-electron chi connectivity index (χ3n) is 4.75. The number of carboxylic acids is 1. The van der Waals surface area contributed by atoms with Crippen LogP contribution in [0.1, 0.15) is 32.1 Å². The topological polar surface area (TPSA) is 135 Å². The quantitative estimate of drug-likeness (QED) is 0.382. The van der Waals surface area contributed by atoms with E-state index in [9.17, 15) is 15.0 Å². The maximum absolute atomic E-state index is 11.4. The number of rotatable bonds is 5. The SMILES string of the molecule is N[C@@]1(C(=O)O)C[C@H]2C[C@H](O)C[C@H]2[C@@H]1CCC[B]O.O. The smallest absolute Gasteiger partial charge is 0.323 e. The number of carbonyl (C=O) groups is 1. The monoisotopic (exact) mass is 272 g/mol. The van der Waals surface area contributed by atoms with Gasteiger partial charge < -0.3 is 26.4 Å². The van der Waals surface area contributed by atoms with Crippen LogP contribution in [0, 0.1) is 17.8 Å². The van der Waals surface area contributed by atoms with Crippen molar-refractivity contribution < 1.29 is 25.5 Å². The number of fused-ring (bicyclic) bond motifs is 1. The van der Waals surface area contributed by atoms with Gasteiger partial charge in [0.25, 0.3) is 7.48 Å². The van der Waals surface area contributed by atoms with Crippen molar-refractivity contribution in [3.8, 4) is 0 Å². The van der Waals surface area contributed by atoms with Gasteiger partial charge in [-0.25, -0.2) is 0 Å². The molecule has 0 bridgehead atoms. The first kappa shape index (κ1) is 16.4. The molecule has 6 nitrogen and oxygen atoms in total. The summed E-state index contributed by atoms with van der Waals surface area (Å²) < 4.78 is 0. The Kier molecular flexibility index (Phi) is 5.38. The first-order chi connectivity index (χ1) is 8.49. The van der Waals surface area contributed by atoms with Crippen LogP contribution in [-0.2, 0) is 4.79 Å². The molecule has 0 aromatic carbocycles. The van der Waals surface area contributed by atoms with Crippen LogP contribution in [-0.4, -0.2) is 45.8 Å². The van der Waals surface area contributed by atoms with Crippen LogP contribution < -0.4 is 5.73 Å². The van der Waals surface area contributed by atoms with Gasteiger partial charge in [-0.1, -0.05) is 12.7 Å². The summed E-state index contributed by atoms with van der Waals surface area (Å²) in [7, 11) is 1.11. The number of aliphatic hydroxyl groups excluding tert-OH is 1. The average Bonchev–Trinajstić information content (AvgIpc) is 2.75. The van der Waals surface area contributed by atoms with Crippen LogP contribution in [0.2, 0.25) is 6.32 Å². The molecule has 0 heterocycles. The van der Waals surface area contributed by atoms with Gasteiger partial charge in [0.15, 0.2) is 0 Å². The molecule has 0 aliphatic heterocycles. The van der Waals surface area contributed by atoms with Crippen LogP contribution in [0.5, 0.6) is 0 Å². The van der Waals surface area contributed by atoms with Gasteiger partial charge in [-0.2, -0.15) is 0 Å². The van der Waals surface area contributed by atoms with E-state index in [2.05, 4.69) is 0 Å². The maximum Gasteiger partial charge on any atom is 0.323 e. The molecule has 0 saturated heterocycles. The number of hydrogen-bond donors (Lipinski definition) is 4. The third kappa shape index (κ3) is 2.94. The van der Waals surface area contributed by atoms with Crippen molar-refractivity contribution in [1.29, 1.82) is 0 Å². The van der Waals surface area contributed by atoms with Crippen molar-refractivity contribution in [2.45, 2.75) is 50.1 Å². The Balaban J connectivity index is 0.00000180. The van der Waals surface area contributed by atoms with E-state index in [0.29, 0.717) is 32.0 Å². The van der Waals surface area contributed by atoms with E-state index in [4.69, 9.17) is 10.8 Å². The highest BCUT2D eigenvalue weighted by Crippen LogP contribution is 2.53. The molecule has 5 atom stereocenters. The molecule has 109 valence electrons. The van der Waals surface area contributed by atoms with Crippen LogP contribution in [0.4, 0.5) is 0 Å². The third-order valence-corrected chi connectivity index (χ3v) is 4.75.